The second kappa shape index (κ2) is 7.92. The van der Waals surface area contributed by atoms with E-state index in [1.807, 2.05) is 0 Å². The van der Waals surface area contributed by atoms with Gasteiger partial charge in [-0.2, -0.15) is 0 Å². The van der Waals surface area contributed by atoms with Crippen molar-refractivity contribution in [3.05, 3.63) is 59.7 Å². The number of rotatable bonds is 6. The van der Waals surface area contributed by atoms with Crippen molar-refractivity contribution in [3.8, 4) is 5.75 Å². The van der Waals surface area contributed by atoms with E-state index in [-0.39, 0.29) is 18.0 Å². The van der Waals surface area contributed by atoms with E-state index in [2.05, 4.69) is 5.32 Å². The molecular weight excluding hydrogens is 310 g/mol. The molecule has 6 heteroatoms. The summed E-state index contributed by atoms with van der Waals surface area (Å²) in [6.45, 7) is 1.02. The van der Waals surface area contributed by atoms with Crippen molar-refractivity contribution in [1.29, 1.82) is 0 Å². The van der Waals surface area contributed by atoms with Crippen molar-refractivity contribution in [2.24, 2.45) is 0 Å². The third-order valence-corrected chi connectivity index (χ3v) is 3.20. The number of esters is 1. The predicted octanol–water partition coefficient (Wildman–Crippen LogP) is 2.32. The lowest BCUT2D eigenvalue weighted by Gasteiger charge is -2.07. The number of phenols is 1. The van der Waals surface area contributed by atoms with Crippen molar-refractivity contribution in [2.45, 2.75) is 13.3 Å². The molecule has 1 amide bonds. The monoisotopic (exact) mass is 327 g/mol. The number of benzene rings is 2. The standard InChI is InChI=1S/C18H17NO5/c1-12(20)14-3-2-4-15(10-14)19-17(22)11-24-18(23)9-13-5-7-16(21)8-6-13/h2-8,10,21H,9,11H2,1H3,(H,19,22). The van der Waals surface area contributed by atoms with Crippen LogP contribution < -0.4 is 5.32 Å². The lowest BCUT2D eigenvalue weighted by atomic mass is 10.1. The van der Waals surface area contributed by atoms with Gasteiger partial charge in [-0.05, 0) is 36.8 Å². The van der Waals surface area contributed by atoms with Crippen LogP contribution in [0.25, 0.3) is 0 Å². The minimum atomic E-state index is -0.548. The summed E-state index contributed by atoms with van der Waals surface area (Å²) in [6, 6.07) is 12.6. The number of anilines is 1. The summed E-state index contributed by atoms with van der Waals surface area (Å²) < 4.78 is 4.91. The summed E-state index contributed by atoms with van der Waals surface area (Å²) in [6.07, 6.45) is 0.00732. The molecule has 0 saturated carbocycles. The van der Waals surface area contributed by atoms with Gasteiger partial charge in [-0.15, -0.1) is 0 Å². The van der Waals surface area contributed by atoms with Crippen LogP contribution in [0, 0.1) is 0 Å². The number of hydrogen-bond donors (Lipinski definition) is 2. The molecule has 2 aromatic rings. The fraction of sp³-hybridized carbons (Fsp3) is 0.167. The van der Waals surface area contributed by atoms with Gasteiger partial charge in [0.25, 0.3) is 5.91 Å². The van der Waals surface area contributed by atoms with Crippen LogP contribution in [-0.2, 0) is 20.7 Å². The highest BCUT2D eigenvalue weighted by molar-refractivity contribution is 5.97. The number of ether oxygens (including phenoxy) is 1. The van der Waals surface area contributed by atoms with E-state index in [4.69, 9.17) is 4.74 Å². The fourth-order valence-corrected chi connectivity index (χ4v) is 1.99. The van der Waals surface area contributed by atoms with Crippen LogP contribution in [-0.4, -0.2) is 29.4 Å². The van der Waals surface area contributed by atoms with E-state index in [1.165, 1.54) is 19.1 Å². The molecule has 0 spiro atoms. The molecule has 0 heterocycles. The highest BCUT2D eigenvalue weighted by atomic mass is 16.5. The maximum atomic E-state index is 11.8. The molecule has 0 atom stereocenters. The second-order valence-corrected chi connectivity index (χ2v) is 5.19. The molecule has 2 rings (SSSR count). The highest BCUT2D eigenvalue weighted by Crippen LogP contribution is 2.12. The fourth-order valence-electron chi connectivity index (χ4n) is 1.99. The van der Waals surface area contributed by atoms with Crippen molar-refractivity contribution in [1.82, 2.24) is 0 Å². The van der Waals surface area contributed by atoms with Crippen LogP contribution in [0.15, 0.2) is 48.5 Å². The van der Waals surface area contributed by atoms with Gasteiger partial charge in [-0.1, -0.05) is 24.3 Å². The van der Waals surface area contributed by atoms with E-state index in [0.717, 1.165) is 0 Å². The van der Waals surface area contributed by atoms with Crippen LogP contribution in [0.3, 0.4) is 0 Å². The molecule has 0 bridgehead atoms. The third-order valence-electron chi connectivity index (χ3n) is 3.20. The summed E-state index contributed by atoms with van der Waals surface area (Å²) in [4.78, 5) is 34.8. The second-order valence-electron chi connectivity index (χ2n) is 5.19. The Morgan fingerprint density at radius 1 is 1.08 bits per heavy atom. The Kier molecular flexibility index (Phi) is 5.68. The van der Waals surface area contributed by atoms with Gasteiger partial charge in [0.1, 0.15) is 5.75 Å². The minimum absolute atomic E-state index is 0.00732. The van der Waals surface area contributed by atoms with E-state index in [9.17, 15) is 19.5 Å². The number of Topliss-reactive ketones (excluding diaryl/α,β-unsaturated/α-hetero) is 1. The molecule has 0 fully saturated rings. The molecule has 2 aromatic carbocycles. The largest absolute Gasteiger partial charge is 0.508 e. The van der Waals surface area contributed by atoms with Crippen molar-refractivity contribution >= 4 is 23.3 Å². The Labute approximate surface area is 139 Å². The molecule has 0 aromatic heterocycles. The zero-order valence-electron chi connectivity index (χ0n) is 13.1. The Morgan fingerprint density at radius 2 is 1.79 bits per heavy atom. The van der Waals surface area contributed by atoms with Gasteiger partial charge in [0.15, 0.2) is 12.4 Å². The van der Waals surface area contributed by atoms with E-state index >= 15 is 0 Å². The Bertz CT molecular complexity index is 752. The van der Waals surface area contributed by atoms with Crippen LogP contribution in [0.1, 0.15) is 22.8 Å². The first kappa shape index (κ1) is 17.2. The van der Waals surface area contributed by atoms with Gasteiger partial charge in [0.2, 0.25) is 0 Å². The SMILES string of the molecule is CC(=O)c1cccc(NC(=O)COC(=O)Cc2ccc(O)cc2)c1. The summed E-state index contributed by atoms with van der Waals surface area (Å²) in [7, 11) is 0. The molecule has 24 heavy (non-hydrogen) atoms. The van der Waals surface area contributed by atoms with Gasteiger partial charge in [0.05, 0.1) is 6.42 Å². The van der Waals surface area contributed by atoms with E-state index in [0.29, 0.717) is 16.8 Å². The summed E-state index contributed by atoms with van der Waals surface area (Å²) >= 11 is 0. The van der Waals surface area contributed by atoms with Crippen LogP contribution in [0.2, 0.25) is 0 Å². The first-order valence-electron chi connectivity index (χ1n) is 7.28. The third kappa shape index (κ3) is 5.24. The number of ketones is 1. The van der Waals surface area contributed by atoms with E-state index in [1.54, 1.807) is 36.4 Å². The van der Waals surface area contributed by atoms with Crippen LogP contribution >= 0.6 is 0 Å². The predicted molar refractivity (Wildman–Crippen MR) is 87.8 cm³/mol. The number of carbonyl (C=O) groups is 3. The van der Waals surface area contributed by atoms with Crippen molar-refractivity contribution in [3.63, 3.8) is 0 Å². The molecule has 0 aliphatic rings. The molecule has 6 nitrogen and oxygen atoms in total. The lowest BCUT2D eigenvalue weighted by Crippen LogP contribution is -2.21. The maximum Gasteiger partial charge on any atom is 0.310 e. The summed E-state index contributed by atoms with van der Waals surface area (Å²) in [5, 5.41) is 11.7. The number of amides is 1. The zero-order chi connectivity index (χ0) is 17.5. The van der Waals surface area contributed by atoms with Crippen molar-refractivity contribution in [2.75, 3.05) is 11.9 Å². The van der Waals surface area contributed by atoms with Gasteiger partial charge in [-0.25, -0.2) is 0 Å². The number of phenolic OH excluding ortho intramolecular Hbond substituents is 1. The highest BCUT2D eigenvalue weighted by Gasteiger charge is 2.10. The van der Waals surface area contributed by atoms with Gasteiger partial charge >= 0.3 is 5.97 Å². The first-order valence-corrected chi connectivity index (χ1v) is 7.28. The molecule has 0 saturated heterocycles. The molecular formula is C18H17NO5. The van der Waals surface area contributed by atoms with Crippen molar-refractivity contribution < 1.29 is 24.2 Å². The summed E-state index contributed by atoms with van der Waals surface area (Å²) in [5.74, 6) is -1.03. The van der Waals surface area contributed by atoms with Crippen LogP contribution in [0.5, 0.6) is 5.75 Å². The molecule has 0 radical (unpaired) electrons. The quantitative estimate of drug-likeness (QED) is 0.627. The maximum absolute atomic E-state index is 11.8. The Hall–Kier alpha value is -3.15. The minimum Gasteiger partial charge on any atom is -0.508 e. The summed E-state index contributed by atoms with van der Waals surface area (Å²) in [5.41, 5.74) is 1.62. The lowest BCUT2D eigenvalue weighted by molar-refractivity contribution is -0.146. The number of carbonyl (C=O) groups excluding carboxylic acids is 3. The molecule has 124 valence electrons. The first-order chi connectivity index (χ1) is 11.4. The number of aromatic hydroxyl groups is 1. The molecule has 0 aliphatic carbocycles. The molecule has 2 N–H and O–H groups in total. The van der Waals surface area contributed by atoms with Gasteiger partial charge in [0, 0.05) is 11.3 Å². The van der Waals surface area contributed by atoms with E-state index < -0.39 is 18.5 Å². The number of nitrogens with one attached hydrogen (secondary N) is 1. The average molecular weight is 327 g/mol. The topological polar surface area (TPSA) is 92.7 Å². The van der Waals surface area contributed by atoms with Gasteiger partial charge < -0.3 is 15.2 Å². The van der Waals surface area contributed by atoms with Gasteiger partial charge in [-0.3, -0.25) is 14.4 Å². The molecule has 0 unspecified atom stereocenters. The molecule has 0 aliphatic heterocycles. The smallest absolute Gasteiger partial charge is 0.310 e. The Morgan fingerprint density at radius 3 is 2.46 bits per heavy atom. The zero-order valence-corrected chi connectivity index (χ0v) is 13.1. The normalized spacial score (nSPS) is 10.0. The van der Waals surface area contributed by atoms with Crippen LogP contribution in [0.4, 0.5) is 5.69 Å². The Balaban J connectivity index is 1.82. The number of hydrogen-bond acceptors (Lipinski definition) is 5. The average Bonchev–Trinajstić information content (AvgIpc) is 2.55.